The highest BCUT2D eigenvalue weighted by atomic mass is 32.1. The van der Waals surface area contributed by atoms with Crippen LogP contribution in [0.15, 0.2) is 48.5 Å². The molecule has 1 fully saturated rings. The topological polar surface area (TPSA) is 33.2 Å². The van der Waals surface area contributed by atoms with Gasteiger partial charge in [0.05, 0.1) is 16.3 Å². The highest BCUT2D eigenvalue weighted by Crippen LogP contribution is 2.36. The van der Waals surface area contributed by atoms with Gasteiger partial charge in [0, 0.05) is 12.1 Å². The van der Waals surface area contributed by atoms with Crippen LogP contribution in [-0.2, 0) is 0 Å². The predicted octanol–water partition coefficient (Wildman–Crippen LogP) is 4.80. The number of aromatic nitrogens is 1. The number of para-hydroxylation sites is 1. The number of likely N-dealkylation sites (tertiary alicyclic amines) is 1. The minimum atomic E-state index is -0.326. The third kappa shape index (κ3) is 2.80. The van der Waals surface area contributed by atoms with Crippen LogP contribution in [0, 0.1) is 5.82 Å². The lowest BCUT2D eigenvalue weighted by Gasteiger charge is -2.34. The largest absolute Gasteiger partial charge is 0.329 e. The van der Waals surface area contributed by atoms with Crippen LogP contribution in [0.5, 0.6) is 0 Å². The number of hydrogen-bond acceptors (Lipinski definition) is 3. The Morgan fingerprint density at radius 1 is 1.12 bits per heavy atom. The fourth-order valence-corrected chi connectivity index (χ4v) is 4.34. The van der Waals surface area contributed by atoms with Crippen LogP contribution >= 0.6 is 11.3 Å². The van der Waals surface area contributed by atoms with Crippen molar-refractivity contribution in [1.29, 1.82) is 0 Å². The van der Waals surface area contributed by atoms with Crippen LogP contribution in [0.1, 0.15) is 40.7 Å². The maximum atomic E-state index is 13.1. The molecule has 0 bridgehead atoms. The van der Waals surface area contributed by atoms with Crippen LogP contribution in [-0.4, -0.2) is 22.3 Å². The van der Waals surface area contributed by atoms with Crippen LogP contribution in [0.2, 0.25) is 0 Å². The fourth-order valence-electron chi connectivity index (χ4n) is 3.22. The molecular weight excluding hydrogens is 323 g/mol. The fraction of sp³-hybridized carbons (Fsp3) is 0.263. The van der Waals surface area contributed by atoms with Crippen molar-refractivity contribution in [3.8, 4) is 0 Å². The Labute approximate surface area is 143 Å². The zero-order valence-corrected chi connectivity index (χ0v) is 13.9. The summed E-state index contributed by atoms with van der Waals surface area (Å²) in [5.74, 6) is -0.369. The molecule has 0 aliphatic carbocycles. The van der Waals surface area contributed by atoms with E-state index in [1.165, 1.54) is 12.1 Å². The molecule has 0 saturated carbocycles. The molecule has 1 aliphatic rings. The van der Waals surface area contributed by atoms with Gasteiger partial charge < -0.3 is 4.90 Å². The molecular formula is C19H17FN2OS. The normalized spacial score (nSPS) is 18.0. The highest BCUT2D eigenvalue weighted by molar-refractivity contribution is 7.18. The number of piperidine rings is 1. The van der Waals surface area contributed by atoms with E-state index in [4.69, 9.17) is 4.98 Å². The quantitative estimate of drug-likeness (QED) is 0.671. The molecule has 1 aromatic heterocycles. The van der Waals surface area contributed by atoms with Gasteiger partial charge in [0.1, 0.15) is 10.8 Å². The molecule has 1 unspecified atom stereocenters. The minimum Gasteiger partial charge on any atom is -0.329 e. The van der Waals surface area contributed by atoms with E-state index in [0.717, 1.165) is 41.0 Å². The molecule has 3 aromatic rings. The Bertz CT molecular complexity index is 841. The Morgan fingerprint density at radius 2 is 1.92 bits per heavy atom. The third-order valence-electron chi connectivity index (χ3n) is 4.45. The molecule has 5 heteroatoms. The molecule has 0 radical (unpaired) electrons. The maximum absolute atomic E-state index is 13.1. The molecule has 1 aliphatic heterocycles. The standard InChI is InChI=1S/C19H17FN2OS/c20-14-10-8-13(9-11-14)19(23)22-12-4-3-6-16(22)18-21-15-5-1-2-7-17(15)24-18/h1-2,5,7-11,16H,3-4,6,12H2. The van der Waals surface area contributed by atoms with Gasteiger partial charge >= 0.3 is 0 Å². The van der Waals surface area contributed by atoms with Gasteiger partial charge in [-0.15, -0.1) is 11.3 Å². The van der Waals surface area contributed by atoms with Crippen molar-refractivity contribution in [2.75, 3.05) is 6.54 Å². The summed E-state index contributed by atoms with van der Waals surface area (Å²) in [4.78, 5) is 19.5. The first-order valence-corrected chi connectivity index (χ1v) is 8.96. The maximum Gasteiger partial charge on any atom is 0.254 e. The number of thiazole rings is 1. The van der Waals surface area contributed by atoms with E-state index < -0.39 is 0 Å². The summed E-state index contributed by atoms with van der Waals surface area (Å²) in [6.45, 7) is 0.719. The van der Waals surface area contributed by atoms with Crippen molar-refractivity contribution in [1.82, 2.24) is 9.88 Å². The summed E-state index contributed by atoms with van der Waals surface area (Å²) in [5.41, 5.74) is 1.52. The molecule has 1 saturated heterocycles. The number of halogens is 1. The molecule has 0 spiro atoms. The number of nitrogens with zero attached hydrogens (tertiary/aromatic N) is 2. The lowest BCUT2D eigenvalue weighted by Crippen LogP contribution is -2.38. The summed E-state index contributed by atoms with van der Waals surface area (Å²) in [7, 11) is 0. The van der Waals surface area contributed by atoms with E-state index in [1.54, 1.807) is 23.5 Å². The summed E-state index contributed by atoms with van der Waals surface area (Å²) in [6.07, 6.45) is 3.01. The van der Waals surface area contributed by atoms with Crippen LogP contribution < -0.4 is 0 Å². The van der Waals surface area contributed by atoms with Crippen molar-refractivity contribution >= 4 is 27.5 Å². The first-order valence-electron chi connectivity index (χ1n) is 8.14. The van der Waals surface area contributed by atoms with Gasteiger partial charge in [0.2, 0.25) is 0 Å². The zero-order chi connectivity index (χ0) is 16.5. The van der Waals surface area contributed by atoms with Gasteiger partial charge in [0.15, 0.2) is 0 Å². The van der Waals surface area contributed by atoms with Gasteiger partial charge in [-0.3, -0.25) is 4.79 Å². The van der Waals surface area contributed by atoms with Crippen LogP contribution in [0.25, 0.3) is 10.2 Å². The molecule has 122 valence electrons. The third-order valence-corrected chi connectivity index (χ3v) is 5.59. The zero-order valence-electron chi connectivity index (χ0n) is 13.1. The number of carbonyl (C=O) groups is 1. The lowest BCUT2D eigenvalue weighted by molar-refractivity contribution is 0.0611. The monoisotopic (exact) mass is 340 g/mol. The second kappa shape index (κ2) is 6.32. The van der Waals surface area contributed by atoms with Crippen molar-refractivity contribution < 1.29 is 9.18 Å². The van der Waals surface area contributed by atoms with E-state index in [2.05, 4.69) is 6.07 Å². The Kier molecular flexibility index (Phi) is 4.02. The molecule has 2 heterocycles. The van der Waals surface area contributed by atoms with Gasteiger partial charge in [0.25, 0.3) is 5.91 Å². The summed E-state index contributed by atoms with van der Waals surface area (Å²) in [6, 6.07) is 13.8. The molecule has 0 N–H and O–H groups in total. The average Bonchev–Trinajstić information content (AvgIpc) is 3.06. The van der Waals surface area contributed by atoms with Crippen molar-refractivity contribution in [3.05, 3.63) is 64.9 Å². The van der Waals surface area contributed by atoms with E-state index >= 15 is 0 Å². The molecule has 3 nitrogen and oxygen atoms in total. The smallest absolute Gasteiger partial charge is 0.254 e. The van der Waals surface area contributed by atoms with Crippen molar-refractivity contribution in [2.45, 2.75) is 25.3 Å². The Hall–Kier alpha value is -2.27. The SMILES string of the molecule is O=C(c1ccc(F)cc1)N1CCCCC1c1nc2ccccc2s1. The Balaban J connectivity index is 1.67. The number of fused-ring (bicyclic) bond motifs is 1. The second-order valence-corrected chi connectivity index (χ2v) is 7.10. The number of benzene rings is 2. The van der Waals surface area contributed by atoms with Gasteiger partial charge in [-0.05, 0) is 55.7 Å². The summed E-state index contributed by atoms with van der Waals surface area (Å²) < 4.78 is 14.3. The van der Waals surface area contributed by atoms with Crippen LogP contribution in [0.3, 0.4) is 0 Å². The molecule has 24 heavy (non-hydrogen) atoms. The first kappa shape index (κ1) is 15.3. The first-order chi connectivity index (χ1) is 11.7. The second-order valence-electron chi connectivity index (χ2n) is 6.04. The van der Waals surface area contributed by atoms with E-state index in [9.17, 15) is 9.18 Å². The van der Waals surface area contributed by atoms with E-state index in [1.807, 2.05) is 23.1 Å². The summed E-state index contributed by atoms with van der Waals surface area (Å²) in [5, 5.41) is 0.992. The Morgan fingerprint density at radius 3 is 2.71 bits per heavy atom. The van der Waals surface area contributed by atoms with Crippen molar-refractivity contribution in [2.24, 2.45) is 0 Å². The molecule has 2 aromatic carbocycles. The minimum absolute atomic E-state index is 0.00806. The summed E-state index contributed by atoms with van der Waals surface area (Å²) >= 11 is 1.66. The lowest BCUT2D eigenvalue weighted by atomic mass is 10.0. The van der Waals surface area contributed by atoms with E-state index in [-0.39, 0.29) is 17.8 Å². The highest BCUT2D eigenvalue weighted by Gasteiger charge is 2.30. The van der Waals surface area contributed by atoms with Gasteiger partial charge in [-0.25, -0.2) is 9.37 Å². The number of amides is 1. The number of carbonyl (C=O) groups excluding carboxylic acids is 1. The van der Waals surface area contributed by atoms with Gasteiger partial charge in [-0.2, -0.15) is 0 Å². The number of hydrogen-bond donors (Lipinski definition) is 0. The predicted molar refractivity (Wildman–Crippen MR) is 93.6 cm³/mol. The van der Waals surface area contributed by atoms with Crippen LogP contribution in [0.4, 0.5) is 4.39 Å². The van der Waals surface area contributed by atoms with Crippen molar-refractivity contribution in [3.63, 3.8) is 0 Å². The molecule has 1 amide bonds. The average molecular weight is 340 g/mol. The van der Waals surface area contributed by atoms with E-state index in [0.29, 0.717) is 5.56 Å². The molecule has 1 atom stereocenters. The molecule has 4 rings (SSSR count). The number of rotatable bonds is 2. The van der Waals surface area contributed by atoms with Gasteiger partial charge in [-0.1, -0.05) is 12.1 Å².